The molecule has 0 aliphatic carbocycles. The smallest absolute Gasteiger partial charge is 0.300 e. The third-order valence-electron chi connectivity index (χ3n) is 3.53. The third-order valence-corrected chi connectivity index (χ3v) is 5.69. The van der Waals surface area contributed by atoms with Crippen molar-refractivity contribution in [3.8, 4) is 0 Å². The number of anilines is 1. The molecule has 0 aromatic heterocycles. The normalized spacial score (nSPS) is 20.9. The summed E-state index contributed by atoms with van der Waals surface area (Å²) < 4.78 is 61.8. The molecule has 0 bridgehead atoms. The van der Waals surface area contributed by atoms with Gasteiger partial charge in [-0.2, -0.15) is 13.2 Å². The number of carbonyl (C=O) groups excluding carboxylic acids is 1. The lowest BCUT2D eigenvalue weighted by Gasteiger charge is -2.30. The quantitative estimate of drug-likeness (QED) is 0.819. The van der Waals surface area contributed by atoms with Gasteiger partial charge in [-0.1, -0.05) is 17.7 Å². The van der Waals surface area contributed by atoms with Crippen LogP contribution < -0.4 is 4.90 Å². The van der Waals surface area contributed by atoms with Gasteiger partial charge in [-0.15, -0.1) is 0 Å². The molecule has 1 amide bonds. The van der Waals surface area contributed by atoms with Gasteiger partial charge in [0, 0.05) is 10.7 Å². The van der Waals surface area contributed by atoms with Crippen molar-refractivity contribution < 1.29 is 26.4 Å². The Balaban J connectivity index is 2.51. The summed E-state index contributed by atoms with van der Waals surface area (Å²) in [5.41, 5.74) is 0.281. The molecule has 1 aliphatic rings. The first-order chi connectivity index (χ1) is 10.0. The molecule has 1 unspecified atom stereocenters. The van der Waals surface area contributed by atoms with E-state index in [1.165, 1.54) is 25.1 Å². The maximum Gasteiger partial charge on any atom is 0.471 e. The Morgan fingerprint density at radius 3 is 2.50 bits per heavy atom. The fourth-order valence-electron chi connectivity index (χ4n) is 2.44. The van der Waals surface area contributed by atoms with Gasteiger partial charge in [-0.05, 0) is 31.0 Å². The van der Waals surface area contributed by atoms with Crippen LogP contribution in [-0.2, 0) is 14.6 Å². The molecule has 0 saturated carbocycles. The maximum atomic E-state index is 12.9. The molecule has 2 rings (SSSR count). The van der Waals surface area contributed by atoms with Gasteiger partial charge in [0.1, 0.15) is 0 Å². The van der Waals surface area contributed by atoms with Gasteiger partial charge >= 0.3 is 12.1 Å². The molecule has 0 radical (unpaired) electrons. The van der Waals surface area contributed by atoms with Crippen molar-refractivity contribution in [1.29, 1.82) is 0 Å². The van der Waals surface area contributed by atoms with E-state index in [2.05, 4.69) is 0 Å². The average molecular weight is 356 g/mol. The van der Waals surface area contributed by atoms with E-state index >= 15 is 0 Å². The third kappa shape index (κ3) is 3.38. The van der Waals surface area contributed by atoms with Crippen molar-refractivity contribution in [2.45, 2.75) is 25.6 Å². The van der Waals surface area contributed by atoms with E-state index in [9.17, 15) is 26.4 Å². The van der Waals surface area contributed by atoms with E-state index < -0.39 is 33.7 Å². The molecule has 122 valence electrons. The molecule has 1 aromatic rings. The number of hydrogen-bond donors (Lipinski definition) is 0. The minimum atomic E-state index is -5.10. The molecular weight excluding hydrogens is 343 g/mol. The molecule has 22 heavy (non-hydrogen) atoms. The summed E-state index contributed by atoms with van der Waals surface area (Å²) in [6.07, 6.45) is -5.13. The number of carbonyl (C=O) groups is 1. The molecule has 1 aromatic carbocycles. The zero-order valence-corrected chi connectivity index (χ0v) is 13.1. The Kier molecular flexibility index (Phi) is 4.45. The number of benzene rings is 1. The number of nitrogens with zero attached hydrogens (tertiary/aromatic N) is 1. The van der Waals surface area contributed by atoms with Crippen LogP contribution in [0.3, 0.4) is 0 Å². The second-order valence-electron chi connectivity index (χ2n) is 5.11. The summed E-state index contributed by atoms with van der Waals surface area (Å²) >= 11 is 5.90. The fraction of sp³-hybridized carbons (Fsp3) is 0.462. The van der Waals surface area contributed by atoms with Crippen molar-refractivity contribution in [2.24, 2.45) is 0 Å². The largest absolute Gasteiger partial charge is 0.471 e. The monoisotopic (exact) mass is 355 g/mol. The first-order valence-corrected chi connectivity index (χ1v) is 8.59. The minimum absolute atomic E-state index is 0.0167. The highest BCUT2D eigenvalue weighted by molar-refractivity contribution is 7.91. The van der Waals surface area contributed by atoms with E-state index in [0.717, 1.165) is 0 Å². The molecule has 1 aliphatic heterocycles. The predicted molar refractivity (Wildman–Crippen MR) is 76.8 cm³/mol. The van der Waals surface area contributed by atoms with Crippen LogP contribution in [0.25, 0.3) is 0 Å². The zero-order valence-electron chi connectivity index (χ0n) is 11.5. The number of alkyl halides is 3. The van der Waals surface area contributed by atoms with Gasteiger partial charge in [0.15, 0.2) is 9.84 Å². The van der Waals surface area contributed by atoms with Crippen LogP contribution in [0.2, 0.25) is 5.02 Å². The Labute approximate surface area is 130 Å². The second-order valence-corrected chi connectivity index (χ2v) is 7.75. The molecule has 1 saturated heterocycles. The molecule has 0 spiro atoms. The van der Waals surface area contributed by atoms with Gasteiger partial charge in [0.25, 0.3) is 0 Å². The zero-order chi connectivity index (χ0) is 16.7. The number of sulfone groups is 1. The lowest BCUT2D eigenvalue weighted by Crippen LogP contribution is -2.48. The van der Waals surface area contributed by atoms with Gasteiger partial charge in [-0.25, -0.2) is 8.42 Å². The summed E-state index contributed by atoms with van der Waals surface area (Å²) in [5, 5.41) is 0.207. The van der Waals surface area contributed by atoms with Crippen molar-refractivity contribution in [3.05, 3.63) is 28.8 Å². The minimum Gasteiger partial charge on any atom is -0.300 e. The van der Waals surface area contributed by atoms with E-state index in [4.69, 9.17) is 11.6 Å². The van der Waals surface area contributed by atoms with Crippen molar-refractivity contribution >= 4 is 33.0 Å². The van der Waals surface area contributed by atoms with Gasteiger partial charge in [0.05, 0.1) is 17.5 Å². The second kappa shape index (κ2) is 5.73. The Morgan fingerprint density at radius 2 is 2.00 bits per heavy atom. The van der Waals surface area contributed by atoms with Gasteiger partial charge < -0.3 is 4.90 Å². The predicted octanol–water partition coefficient (Wildman–Crippen LogP) is 2.73. The highest BCUT2D eigenvalue weighted by Crippen LogP contribution is 2.34. The summed E-state index contributed by atoms with van der Waals surface area (Å²) in [6, 6.07) is 3.19. The van der Waals surface area contributed by atoms with Crippen LogP contribution in [0, 0.1) is 6.92 Å². The first kappa shape index (κ1) is 17.1. The van der Waals surface area contributed by atoms with Crippen molar-refractivity contribution in [1.82, 2.24) is 0 Å². The van der Waals surface area contributed by atoms with Crippen LogP contribution in [0.15, 0.2) is 18.2 Å². The summed E-state index contributed by atoms with van der Waals surface area (Å²) in [4.78, 5) is 12.3. The molecule has 4 nitrogen and oxygen atoms in total. The average Bonchev–Trinajstić information content (AvgIpc) is 2.74. The van der Waals surface area contributed by atoms with Crippen LogP contribution in [0.1, 0.15) is 12.0 Å². The number of rotatable bonds is 2. The van der Waals surface area contributed by atoms with Gasteiger partial charge in [0.2, 0.25) is 0 Å². The summed E-state index contributed by atoms with van der Waals surface area (Å²) in [6.45, 7) is 1.48. The molecule has 1 atom stereocenters. The van der Waals surface area contributed by atoms with Crippen LogP contribution in [-0.4, -0.2) is 38.0 Å². The van der Waals surface area contributed by atoms with Gasteiger partial charge in [-0.3, -0.25) is 4.79 Å². The maximum absolute atomic E-state index is 12.9. The standard InChI is InChI=1S/C13H13ClF3NO3S/c1-8-10(14)3-2-4-11(8)18(12(19)13(15,16)17)9-5-6-22(20,21)7-9/h2-4,9H,5-7H2,1H3. The van der Waals surface area contributed by atoms with Crippen LogP contribution in [0.4, 0.5) is 18.9 Å². The summed E-state index contributed by atoms with van der Waals surface area (Å²) in [5.74, 6) is -2.81. The fourth-order valence-corrected chi connectivity index (χ4v) is 4.31. The first-order valence-electron chi connectivity index (χ1n) is 6.39. The van der Waals surface area contributed by atoms with Crippen LogP contribution >= 0.6 is 11.6 Å². The lowest BCUT2D eigenvalue weighted by atomic mass is 10.1. The SMILES string of the molecule is Cc1c(Cl)cccc1N(C(=O)C(F)(F)F)C1CCS(=O)(=O)C1. The molecular formula is C13H13ClF3NO3S. The van der Waals surface area contributed by atoms with Crippen LogP contribution in [0.5, 0.6) is 0 Å². The van der Waals surface area contributed by atoms with E-state index in [1.807, 2.05) is 0 Å². The highest BCUT2D eigenvalue weighted by atomic mass is 35.5. The molecule has 1 heterocycles. The lowest BCUT2D eigenvalue weighted by molar-refractivity contribution is -0.170. The van der Waals surface area contributed by atoms with E-state index in [-0.39, 0.29) is 22.9 Å². The van der Waals surface area contributed by atoms with Crippen molar-refractivity contribution in [2.75, 3.05) is 16.4 Å². The topological polar surface area (TPSA) is 54.5 Å². The van der Waals surface area contributed by atoms with E-state index in [1.54, 1.807) is 0 Å². The summed E-state index contributed by atoms with van der Waals surface area (Å²) in [7, 11) is -3.44. The van der Waals surface area contributed by atoms with Crippen molar-refractivity contribution in [3.63, 3.8) is 0 Å². The molecule has 9 heteroatoms. The molecule has 0 N–H and O–H groups in total. The highest BCUT2D eigenvalue weighted by Gasteiger charge is 2.47. The Morgan fingerprint density at radius 1 is 1.36 bits per heavy atom. The number of amides is 1. The van der Waals surface area contributed by atoms with E-state index in [0.29, 0.717) is 10.5 Å². The Bertz CT molecular complexity index is 703. The Hall–Kier alpha value is -1.28. The molecule has 1 fully saturated rings. The number of halogens is 4. The number of hydrogen-bond acceptors (Lipinski definition) is 3.